The van der Waals surface area contributed by atoms with Crippen LogP contribution in [0.3, 0.4) is 0 Å². The number of benzene rings is 2. The molecular weight excluding hydrogens is 328 g/mol. The van der Waals surface area contributed by atoms with E-state index in [4.69, 9.17) is 15.2 Å². The predicted octanol–water partition coefficient (Wildman–Crippen LogP) is 2.77. The molecule has 0 heterocycles. The van der Waals surface area contributed by atoms with Crippen molar-refractivity contribution in [3.8, 4) is 11.5 Å². The van der Waals surface area contributed by atoms with Crippen LogP contribution in [0.2, 0.25) is 0 Å². The summed E-state index contributed by atoms with van der Waals surface area (Å²) in [5.74, 6) is 1.31. The Balaban J connectivity index is 0.00000288. The normalized spacial score (nSPS) is 11.1. The van der Waals surface area contributed by atoms with E-state index >= 15 is 0 Å². The average molecular weight is 351 g/mol. The summed E-state index contributed by atoms with van der Waals surface area (Å²) in [6.07, 6.45) is -0.158. The molecule has 3 N–H and O–H groups in total. The molecule has 0 aromatic heterocycles. The molecular formula is C18H23ClN2O3. The fraction of sp³-hybridized carbons (Fsp3) is 0.278. The molecule has 0 fully saturated rings. The second kappa shape index (κ2) is 9.80. The van der Waals surface area contributed by atoms with E-state index in [1.807, 2.05) is 43.3 Å². The monoisotopic (exact) mass is 350 g/mol. The van der Waals surface area contributed by atoms with Crippen LogP contribution in [-0.4, -0.2) is 25.7 Å². The van der Waals surface area contributed by atoms with Crippen LogP contribution >= 0.6 is 12.4 Å². The van der Waals surface area contributed by atoms with Crippen LogP contribution in [0.5, 0.6) is 11.5 Å². The molecule has 0 aliphatic carbocycles. The average Bonchev–Trinajstić information content (AvgIpc) is 2.60. The van der Waals surface area contributed by atoms with Crippen molar-refractivity contribution < 1.29 is 14.3 Å². The van der Waals surface area contributed by atoms with Crippen molar-refractivity contribution in [3.05, 3.63) is 59.7 Å². The third-order valence-corrected chi connectivity index (χ3v) is 3.38. The van der Waals surface area contributed by atoms with Gasteiger partial charge in [0.1, 0.15) is 17.6 Å². The van der Waals surface area contributed by atoms with Crippen molar-refractivity contribution in [1.29, 1.82) is 0 Å². The second-order valence-electron chi connectivity index (χ2n) is 5.22. The molecule has 0 spiro atoms. The Labute approximate surface area is 148 Å². The van der Waals surface area contributed by atoms with E-state index in [9.17, 15) is 4.79 Å². The first-order valence-electron chi connectivity index (χ1n) is 7.50. The number of carbonyl (C=O) groups excluding carboxylic acids is 1. The minimum absolute atomic E-state index is 0. The van der Waals surface area contributed by atoms with E-state index in [0.717, 1.165) is 11.3 Å². The summed E-state index contributed by atoms with van der Waals surface area (Å²) in [6.45, 7) is 2.78. The van der Waals surface area contributed by atoms with Gasteiger partial charge in [0.05, 0.1) is 13.7 Å². The molecule has 24 heavy (non-hydrogen) atoms. The number of ether oxygens (including phenoxy) is 2. The van der Waals surface area contributed by atoms with Gasteiger partial charge in [0.2, 0.25) is 0 Å². The van der Waals surface area contributed by atoms with Crippen molar-refractivity contribution >= 4 is 18.3 Å². The SMILES string of the molecule is COc1cccc(OC(C)CNC(=O)c2ccc(CN)cc2)c1.Cl. The maximum atomic E-state index is 12.1. The number of amides is 1. The molecule has 0 aliphatic heterocycles. The van der Waals surface area contributed by atoms with Gasteiger partial charge in [-0.15, -0.1) is 12.4 Å². The Morgan fingerprint density at radius 2 is 1.83 bits per heavy atom. The highest BCUT2D eigenvalue weighted by atomic mass is 35.5. The van der Waals surface area contributed by atoms with Crippen LogP contribution in [0.25, 0.3) is 0 Å². The summed E-state index contributed by atoms with van der Waals surface area (Å²) in [7, 11) is 1.61. The molecule has 1 unspecified atom stereocenters. The quantitative estimate of drug-likeness (QED) is 0.805. The zero-order chi connectivity index (χ0) is 16.7. The van der Waals surface area contributed by atoms with Gasteiger partial charge in [-0.2, -0.15) is 0 Å². The number of rotatable bonds is 7. The molecule has 6 heteroatoms. The second-order valence-corrected chi connectivity index (χ2v) is 5.22. The number of nitrogens with one attached hydrogen (secondary N) is 1. The molecule has 2 aromatic rings. The van der Waals surface area contributed by atoms with Gasteiger partial charge in [0.25, 0.3) is 5.91 Å². The van der Waals surface area contributed by atoms with E-state index in [-0.39, 0.29) is 24.4 Å². The highest BCUT2D eigenvalue weighted by Gasteiger charge is 2.09. The molecule has 0 saturated heterocycles. The van der Waals surface area contributed by atoms with Gasteiger partial charge < -0.3 is 20.5 Å². The lowest BCUT2D eigenvalue weighted by Gasteiger charge is -2.16. The van der Waals surface area contributed by atoms with Crippen molar-refractivity contribution in [1.82, 2.24) is 5.32 Å². The Morgan fingerprint density at radius 3 is 2.46 bits per heavy atom. The van der Waals surface area contributed by atoms with Gasteiger partial charge in [-0.3, -0.25) is 4.79 Å². The zero-order valence-electron chi connectivity index (χ0n) is 13.8. The third-order valence-electron chi connectivity index (χ3n) is 3.38. The van der Waals surface area contributed by atoms with Gasteiger partial charge in [0.15, 0.2) is 0 Å². The summed E-state index contributed by atoms with van der Waals surface area (Å²) in [4.78, 5) is 12.1. The maximum absolute atomic E-state index is 12.1. The minimum Gasteiger partial charge on any atom is -0.497 e. The van der Waals surface area contributed by atoms with Crippen molar-refractivity contribution in [2.45, 2.75) is 19.6 Å². The van der Waals surface area contributed by atoms with Crippen molar-refractivity contribution in [3.63, 3.8) is 0 Å². The molecule has 0 bridgehead atoms. The highest BCUT2D eigenvalue weighted by Crippen LogP contribution is 2.19. The first kappa shape index (κ1) is 19.8. The fourth-order valence-corrected chi connectivity index (χ4v) is 2.08. The number of methoxy groups -OCH3 is 1. The largest absolute Gasteiger partial charge is 0.497 e. The lowest BCUT2D eigenvalue weighted by atomic mass is 10.1. The highest BCUT2D eigenvalue weighted by molar-refractivity contribution is 5.94. The Bertz CT molecular complexity index is 647. The number of hydrogen-bond acceptors (Lipinski definition) is 4. The minimum atomic E-state index is -0.158. The molecule has 1 atom stereocenters. The molecule has 0 radical (unpaired) electrons. The maximum Gasteiger partial charge on any atom is 0.251 e. The van der Waals surface area contributed by atoms with E-state index in [1.165, 1.54) is 0 Å². The lowest BCUT2D eigenvalue weighted by molar-refractivity contribution is 0.0932. The fourth-order valence-electron chi connectivity index (χ4n) is 2.08. The summed E-state index contributed by atoms with van der Waals surface area (Å²) < 4.78 is 10.9. The van der Waals surface area contributed by atoms with Crippen LogP contribution in [0.4, 0.5) is 0 Å². The van der Waals surface area contributed by atoms with Crippen LogP contribution in [-0.2, 0) is 6.54 Å². The van der Waals surface area contributed by atoms with Crippen molar-refractivity contribution in [2.75, 3.05) is 13.7 Å². The molecule has 2 aromatic carbocycles. The van der Waals surface area contributed by atoms with Crippen LogP contribution in [0.15, 0.2) is 48.5 Å². The molecule has 2 rings (SSSR count). The number of hydrogen-bond donors (Lipinski definition) is 2. The summed E-state index contributed by atoms with van der Waals surface area (Å²) in [6, 6.07) is 14.6. The number of carbonyl (C=O) groups is 1. The van der Waals surface area contributed by atoms with Crippen LogP contribution < -0.4 is 20.5 Å². The van der Waals surface area contributed by atoms with Crippen LogP contribution in [0.1, 0.15) is 22.8 Å². The topological polar surface area (TPSA) is 73.6 Å². The smallest absolute Gasteiger partial charge is 0.251 e. The van der Waals surface area contributed by atoms with E-state index < -0.39 is 0 Å². The molecule has 5 nitrogen and oxygen atoms in total. The summed E-state index contributed by atoms with van der Waals surface area (Å²) in [5.41, 5.74) is 7.15. The first-order valence-corrected chi connectivity index (χ1v) is 7.50. The molecule has 0 aliphatic rings. The number of halogens is 1. The first-order chi connectivity index (χ1) is 11.1. The van der Waals surface area contributed by atoms with Gasteiger partial charge in [0, 0.05) is 18.2 Å². The van der Waals surface area contributed by atoms with Crippen molar-refractivity contribution in [2.24, 2.45) is 5.73 Å². The van der Waals surface area contributed by atoms with Gasteiger partial charge in [-0.05, 0) is 36.8 Å². The standard InChI is InChI=1S/C18H22N2O3.ClH/c1-13(23-17-5-3-4-16(10-17)22-2)12-20-18(21)15-8-6-14(11-19)7-9-15;/h3-10,13H,11-12,19H2,1-2H3,(H,20,21);1H. The van der Waals surface area contributed by atoms with Gasteiger partial charge in [-0.1, -0.05) is 18.2 Å². The summed E-state index contributed by atoms with van der Waals surface area (Å²) in [5, 5.41) is 2.86. The third kappa shape index (κ3) is 5.76. The Morgan fingerprint density at radius 1 is 1.17 bits per heavy atom. The summed E-state index contributed by atoms with van der Waals surface area (Å²) >= 11 is 0. The van der Waals surface area contributed by atoms with E-state index in [0.29, 0.717) is 24.4 Å². The van der Waals surface area contributed by atoms with Gasteiger partial charge in [-0.25, -0.2) is 0 Å². The molecule has 0 saturated carbocycles. The lowest BCUT2D eigenvalue weighted by Crippen LogP contribution is -2.33. The molecule has 1 amide bonds. The Hall–Kier alpha value is -2.24. The Kier molecular flexibility index (Phi) is 8.09. The van der Waals surface area contributed by atoms with E-state index in [2.05, 4.69) is 5.32 Å². The molecule has 130 valence electrons. The zero-order valence-corrected chi connectivity index (χ0v) is 14.6. The predicted molar refractivity (Wildman–Crippen MR) is 97.0 cm³/mol. The van der Waals surface area contributed by atoms with Gasteiger partial charge >= 0.3 is 0 Å². The van der Waals surface area contributed by atoms with E-state index in [1.54, 1.807) is 19.2 Å². The number of nitrogens with two attached hydrogens (primary N) is 1. The van der Waals surface area contributed by atoms with Crippen LogP contribution in [0, 0.1) is 0 Å².